The van der Waals surface area contributed by atoms with E-state index in [1.165, 1.54) is 29.5 Å². The summed E-state index contributed by atoms with van der Waals surface area (Å²) in [5.74, 6) is 0.432. The van der Waals surface area contributed by atoms with E-state index in [2.05, 4.69) is 30.1 Å². The second-order valence-electron chi connectivity index (χ2n) is 3.76. The van der Waals surface area contributed by atoms with Crippen LogP contribution in [0.2, 0.25) is 0 Å². The third kappa shape index (κ3) is 1.97. The van der Waals surface area contributed by atoms with Gasteiger partial charge in [-0.05, 0) is 11.4 Å². The van der Waals surface area contributed by atoms with Crippen LogP contribution in [0.25, 0.3) is 16.0 Å². The molecule has 0 aliphatic carbocycles. The van der Waals surface area contributed by atoms with E-state index in [9.17, 15) is 4.79 Å². The van der Waals surface area contributed by atoms with Crippen LogP contribution in [0.4, 0.5) is 5.95 Å². The van der Waals surface area contributed by atoms with Gasteiger partial charge in [-0.2, -0.15) is 4.98 Å². The smallest absolute Gasteiger partial charge is 0.377 e. The van der Waals surface area contributed by atoms with Crippen molar-refractivity contribution in [3.8, 4) is 5.82 Å². The predicted octanol–water partition coefficient (Wildman–Crippen LogP) is 1.10. The highest BCUT2D eigenvalue weighted by Gasteiger charge is 2.15. The normalized spacial score (nSPS) is 10.7. The molecule has 0 unspecified atom stereocenters. The van der Waals surface area contributed by atoms with Gasteiger partial charge in [0.2, 0.25) is 5.95 Å². The van der Waals surface area contributed by atoms with Crippen molar-refractivity contribution in [2.75, 3.05) is 19.5 Å². The molecule has 0 spiro atoms. The number of thiophene rings is 1. The Morgan fingerprint density at radius 2 is 2.30 bits per heavy atom. The maximum absolute atomic E-state index is 11.4. The molecule has 1 N–H and O–H groups in total. The van der Waals surface area contributed by atoms with Crippen LogP contribution < -0.4 is 5.32 Å². The van der Waals surface area contributed by atoms with Crippen molar-refractivity contribution in [2.24, 2.45) is 0 Å². The molecular weight excluding hydrogens is 280 g/mol. The average molecular weight is 290 g/mol. The van der Waals surface area contributed by atoms with Crippen molar-refractivity contribution in [1.82, 2.24) is 24.7 Å². The molecule has 0 bridgehead atoms. The number of rotatable bonds is 3. The Morgan fingerprint density at radius 1 is 1.45 bits per heavy atom. The highest BCUT2D eigenvalue weighted by atomic mass is 32.1. The maximum atomic E-state index is 11.4. The average Bonchev–Trinajstić information content (AvgIpc) is 3.13. The number of hydrogen-bond donors (Lipinski definition) is 1. The van der Waals surface area contributed by atoms with E-state index in [0.29, 0.717) is 11.8 Å². The summed E-state index contributed by atoms with van der Waals surface area (Å²) in [6, 6.07) is 1.90. The minimum atomic E-state index is -0.590. The third-order valence-corrected chi connectivity index (χ3v) is 3.41. The zero-order valence-corrected chi connectivity index (χ0v) is 11.5. The summed E-state index contributed by atoms with van der Waals surface area (Å²) in [6.45, 7) is 0. The van der Waals surface area contributed by atoms with Crippen LogP contribution in [0.5, 0.6) is 0 Å². The molecule has 0 saturated heterocycles. The Labute approximate surface area is 117 Å². The Kier molecular flexibility index (Phi) is 3.03. The van der Waals surface area contributed by atoms with Gasteiger partial charge in [0.25, 0.3) is 5.82 Å². The fourth-order valence-corrected chi connectivity index (χ4v) is 2.43. The van der Waals surface area contributed by atoms with E-state index < -0.39 is 5.97 Å². The Morgan fingerprint density at radius 3 is 3.05 bits per heavy atom. The number of ether oxygens (including phenoxy) is 1. The lowest BCUT2D eigenvalue weighted by molar-refractivity contribution is 0.0587. The molecule has 102 valence electrons. The lowest BCUT2D eigenvalue weighted by Gasteiger charge is -2.04. The zero-order chi connectivity index (χ0) is 14.1. The molecule has 3 aromatic rings. The number of nitrogens with one attached hydrogen (secondary N) is 1. The van der Waals surface area contributed by atoms with Gasteiger partial charge in [0.1, 0.15) is 11.2 Å². The number of aromatic nitrogens is 5. The van der Waals surface area contributed by atoms with Crippen LogP contribution >= 0.6 is 11.3 Å². The minimum absolute atomic E-state index is 0.0134. The summed E-state index contributed by atoms with van der Waals surface area (Å²) in [7, 11) is 3.02. The van der Waals surface area contributed by atoms with Crippen molar-refractivity contribution in [3.63, 3.8) is 0 Å². The minimum Gasteiger partial charge on any atom is -0.463 e. The molecule has 0 aromatic carbocycles. The van der Waals surface area contributed by atoms with Crippen LogP contribution in [-0.2, 0) is 4.74 Å². The van der Waals surface area contributed by atoms with Gasteiger partial charge in [0, 0.05) is 7.05 Å². The third-order valence-electron chi connectivity index (χ3n) is 2.61. The summed E-state index contributed by atoms with van der Waals surface area (Å²) < 4.78 is 6.02. The largest absolute Gasteiger partial charge is 0.463 e. The number of nitrogens with zero attached hydrogens (tertiary/aromatic N) is 5. The molecule has 0 fully saturated rings. The second kappa shape index (κ2) is 4.85. The van der Waals surface area contributed by atoms with Gasteiger partial charge in [-0.15, -0.1) is 16.4 Å². The van der Waals surface area contributed by atoms with Crippen LogP contribution in [-0.4, -0.2) is 44.9 Å². The van der Waals surface area contributed by atoms with Gasteiger partial charge in [-0.1, -0.05) is 0 Å². The number of carbonyl (C=O) groups excluding carboxylic acids is 1. The molecule has 8 nitrogen and oxygen atoms in total. The monoisotopic (exact) mass is 290 g/mol. The molecule has 20 heavy (non-hydrogen) atoms. The number of hydrogen-bond acceptors (Lipinski definition) is 8. The summed E-state index contributed by atoms with van der Waals surface area (Å²) in [4.78, 5) is 24.8. The van der Waals surface area contributed by atoms with Crippen molar-refractivity contribution in [1.29, 1.82) is 0 Å². The molecule has 0 aliphatic rings. The molecule has 0 saturated carbocycles. The van der Waals surface area contributed by atoms with E-state index >= 15 is 0 Å². The van der Waals surface area contributed by atoms with Crippen molar-refractivity contribution < 1.29 is 9.53 Å². The van der Waals surface area contributed by atoms with Crippen LogP contribution in [0, 0.1) is 0 Å². The SMILES string of the molecule is CNc1nc(-n2cnc(C(=O)OC)n2)c2ccsc2n1. The lowest BCUT2D eigenvalue weighted by Crippen LogP contribution is -2.07. The number of carbonyl (C=O) groups is 1. The van der Waals surface area contributed by atoms with Crippen LogP contribution in [0.1, 0.15) is 10.6 Å². The highest BCUT2D eigenvalue weighted by Crippen LogP contribution is 2.24. The second-order valence-corrected chi connectivity index (χ2v) is 4.66. The fourth-order valence-electron chi connectivity index (χ4n) is 1.68. The molecule has 3 heterocycles. The zero-order valence-electron chi connectivity index (χ0n) is 10.7. The Hall–Kier alpha value is -2.55. The quantitative estimate of drug-likeness (QED) is 0.722. The number of fused-ring (bicyclic) bond motifs is 1. The van der Waals surface area contributed by atoms with Crippen molar-refractivity contribution in [2.45, 2.75) is 0 Å². The summed E-state index contributed by atoms with van der Waals surface area (Å²) in [5.41, 5.74) is 0. The predicted molar refractivity (Wildman–Crippen MR) is 73.2 cm³/mol. The van der Waals surface area contributed by atoms with Gasteiger partial charge in [0.05, 0.1) is 12.5 Å². The van der Waals surface area contributed by atoms with Gasteiger partial charge >= 0.3 is 5.97 Å². The highest BCUT2D eigenvalue weighted by molar-refractivity contribution is 7.16. The summed E-state index contributed by atoms with van der Waals surface area (Å²) >= 11 is 1.50. The Balaban J connectivity index is 2.15. The van der Waals surface area contributed by atoms with Gasteiger partial charge < -0.3 is 10.1 Å². The first-order valence-corrected chi connectivity index (χ1v) is 6.54. The first kappa shape index (κ1) is 12.5. The topological polar surface area (TPSA) is 94.8 Å². The van der Waals surface area contributed by atoms with E-state index in [4.69, 9.17) is 0 Å². The van der Waals surface area contributed by atoms with Crippen molar-refractivity contribution >= 4 is 33.5 Å². The lowest BCUT2D eigenvalue weighted by atomic mass is 10.4. The standard InChI is InChI=1S/C11H10N6O2S/c1-12-11-14-8(6-3-4-20-9(6)15-11)17-5-13-7(16-17)10(18)19-2/h3-5H,1-2H3,(H,12,14,15). The van der Waals surface area contributed by atoms with E-state index in [1.807, 2.05) is 11.4 Å². The number of anilines is 1. The van der Waals surface area contributed by atoms with Crippen LogP contribution in [0.3, 0.4) is 0 Å². The van der Waals surface area contributed by atoms with Crippen molar-refractivity contribution in [3.05, 3.63) is 23.6 Å². The fraction of sp³-hybridized carbons (Fsp3) is 0.182. The molecule has 0 atom stereocenters. The molecule has 3 rings (SSSR count). The molecule has 3 aromatic heterocycles. The number of methoxy groups -OCH3 is 1. The maximum Gasteiger partial charge on any atom is 0.377 e. The number of esters is 1. The molecular formula is C11H10N6O2S. The summed E-state index contributed by atoms with van der Waals surface area (Å²) in [6.07, 6.45) is 1.42. The molecule has 0 amide bonds. The van der Waals surface area contributed by atoms with Crippen LogP contribution in [0.15, 0.2) is 17.8 Å². The Bertz CT molecular complexity index is 780. The molecule has 9 heteroatoms. The van der Waals surface area contributed by atoms with E-state index in [0.717, 1.165) is 10.2 Å². The van der Waals surface area contributed by atoms with E-state index in [-0.39, 0.29) is 5.82 Å². The first-order chi connectivity index (χ1) is 9.72. The molecule has 0 aliphatic heterocycles. The first-order valence-electron chi connectivity index (χ1n) is 5.66. The van der Waals surface area contributed by atoms with Gasteiger partial charge in [-0.25, -0.2) is 19.4 Å². The summed E-state index contributed by atoms with van der Waals surface area (Å²) in [5, 5.41) is 9.73. The van der Waals surface area contributed by atoms with E-state index in [1.54, 1.807) is 7.05 Å². The van der Waals surface area contributed by atoms with Gasteiger partial charge in [0.15, 0.2) is 5.82 Å². The van der Waals surface area contributed by atoms with Gasteiger partial charge in [-0.3, -0.25) is 0 Å². The molecule has 0 radical (unpaired) electrons.